The van der Waals surface area contributed by atoms with Crippen LogP contribution in [0.2, 0.25) is 0 Å². The van der Waals surface area contributed by atoms with Crippen LogP contribution in [0, 0.1) is 0 Å². The molecule has 0 saturated heterocycles. The molecule has 0 saturated carbocycles. The van der Waals surface area contributed by atoms with Gasteiger partial charge in [-0.3, -0.25) is 0 Å². The van der Waals surface area contributed by atoms with Crippen molar-refractivity contribution in [1.82, 2.24) is 4.90 Å². The van der Waals surface area contributed by atoms with Crippen molar-refractivity contribution in [2.75, 3.05) is 25.5 Å². The lowest BCUT2D eigenvalue weighted by Gasteiger charge is -2.14. The molecule has 0 amide bonds. The van der Waals surface area contributed by atoms with Gasteiger partial charge in [0.15, 0.2) is 17.4 Å². The van der Waals surface area contributed by atoms with Crippen molar-refractivity contribution in [2.45, 2.75) is 13.8 Å². The topological polar surface area (TPSA) is 3.24 Å². The molecule has 1 nitrogen and oxygen atoms in total. The van der Waals surface area contributed by atoms with Gasteiger partial charge in [-0.1, -0.05) is 13.8 Å². The molecule has 0 fully saturated rings. The molecule has 0 aliphatic rings. The molecule has 0 bridgehead atoms. The van der Waals surface area contributed by atoms with Crippen molar-refractivity contribution in [2.24, 2.45) is 0 Å². The minimum Gasteiger partial charge on any atom is -0.303 e. The molecule has 0 N–H and O–H groups in total. The van der Waals surface area contributed by atoms with Crippen LogP contribution in [0.4, 0.5) is 0 Å². The maximum Gasteiger partial charge on any atom is 0.187 e. The largest absolute Gasteiger partial charge is 0.303 e. The Balaban J connectivity index is -0.000000245. The maximum atomic E-state index is 5.51. The third kappa shape index (κ3) is 9.07. The van der Waals surface area contributed by atoms with Gasteiger partial charge in [0.2, 0.25) is 0 Å². The molecule has 0 aliphatic heterocycles. The van der Waals surface area contributed by atoms with Gasteiger partial charge in [-0.25, -0.2) is 0 Å². The summed E-state index contributed by atoms with van der Waals surface area (Å²) in [6.07, 6.45) is 0. The monoisotopic (exact) mass is 201 g/mol. The Morgan fingerprint density at radius 1 is 1.20 bits per heavy atom. The number of hydrogen-bond acceptors (Lipinski definition) is 1. The second kappa shape index (κ2) is 12.7. The molecule has 0 unspecified atom stereocenters. The summed E-state index contributed by atoms with van der Waals surface area (Å²) >= 11 is 5.51. The molecule has 0 radical (unpaired) electrons. The third-order valence-electron chi connectivity index (χ3n) is 1.30. The lowest BCUT2D eigenvalue weighted by Crippen LogP contribution is -2.24. The van der Waals surface area contributed by atoms with Crippen molar-refractivity contribution in [1.29, 1.82) is 0 Å². The van der Waals surface area contributed by atoms with E-state index in [4.69, 9.17) is 11.6 Å². The zero-order valence-electron chi connectivity index (χ0n) is 6.06. The van der Waals surface area contributed by atoms with E-state index in [-0.39, 0.29) is 29.8 Å². The van der Waals surface area contributed by atoms with Crippen LogP contribution in [-0.2, 0) is 0 Å². The van der Waals surface area contributed by atoms with E-state index in [9.17, 15) is 0 Å². The summed E-state index contributed by atoms with van der Waals surface area (Å²) in [7, 11) is 0. The Hall–Kier alpha value is 1.07. The van der Waals surface area contributed by atoms with Crippen LogP contribution in [-0.4, -0.2) is 47.8 Å². The summed E-state index contributed by atoms with van der Waals surface area (Å²) < 4.78 is 0. The van der Waals surface area contributed by atoms with Crippen molar-refractivity contribution in [3.8, 4) is 0 Å². The normalized spacial score (nSPS) is 8.40. The summed E-state index contributed by atoms with van der Waals surface area (Å²) in [6, 6.07) is 0. The van der Waals surface area contributed by atoms with E-state index in [1.165, 1.54) is 0 Å². The van der Waals surface area contributed by atoms with Gasteiger partial charge in [0, 0.05) is 12.4 Å². The van der Waals surface area contributed by atoms with Crippen molar-refractivity contribution >= 4 is 41.4 Å². The molecule has 10 heavy (non-hydrogen) atoms. The van der Waals surface area contributed by atoms with Gasteiger partial charge in [-0.15, -0.1) is 24.0 Å². The van der Waals surface area contributed by atoms with E-state index in [1.54, 1.807) is 0 Å². The fraction of sp³-hybridized carbons (Fsp3) is 1.00. The summed E-state index contributed by atoms with van der Waals surface area (Å²) in [4.78, 5) is 2.30. The van der Waals surface area contributed by atoms with Gasteiger partial charge < -0.3 is 4.90 Å². The molecule has 0 atom stereocenters. The number of alkyl halides is 1. The fourth-order valence-corrected chi connectivity index (χ4v) is 0.898. The van der Waals surface area contributed by atoms with Gasteiger partial charge in [0.1, 0.15) is 0 Å². The molecule has 4 heteroatoms. The van der Waals surface area contributed by atoms with Crippen LogP contribution < -0.4 is 0 Å². The molecule has 0 aromatic heterocycles. The van der Waals surface area contributed by atoms with Crippen LogP contribution in [0.25, 0.3) is 0 Å². The maximum absolute atomic E-state index is 5.51. The first kappa shape index (κ1) is 17.2. The van der Waals surface area contributed by atoms with Crippen molar-refractivity contribution in [3.05, 3.63) is 0 Å². The fourth-order valence-electron chi connectivity index (χ4n) is 0.659. The lowest BCUT2D eigenvalue weighted by atomic mass is 10.5. The minimum atomic E-state index is 0. The molecule has 0 spiro atoms. The predicted molar refractivity (Wildman–Crippen MR) is 55.7 cm³/mol. The van der Waals surface area contributed by atoms with Crippen LogP contribution in [0.3, 0.4) is 0 Å². The zero-order chi connectivity index (χ0) is 6.41. The van der Waals surface area contributed by atoms with Gasteiger partial charge in [-0.2, -0.15) is 0 Å². The standard InChI is InChI=1S/C6H14ClN.Al.ClH.3H/c1-3-8(4-2)6-5-7;;;;;/h3-6H2,1-2H3;;1H;;;. The zero-order valence-corrected chi connectivity index (χ0v) is 7.63. The molecule has 0 aromatic carbocycles. The van der Waals surface area contributed by atoms with Crippen LogP contribution in [0.1, 0.15) is 13.8 Å². The first-order chi connectivity index (χ1) is 3.85. The molecule has 0 heterocycles. The van der Waals surface area contributed by atoms with Gasteiger partial charge in [-0.05, 0) is 13.1 Å². The van der Waals surface area contributed by atoms with Crippen molar-refractivity contribution in [3.63, 3.8) is 0 Å². The summed E-state index contributed by atoms with van der Waals surface area (Å²) in [5, 5.41) is 0. The molecule has 64 valence electrons. The molecular weight excluding hydrogens is 184 g/mol. The van der Waals surface area contributed by atoms with E-state index in [1.807, 2.05) is 0 Å². The average molecular weight is 202 g/mol. The SMILES string of the molecule is CCN(CC)CCCl.Cl.[AlH3]. The van der Waals surface area contributed by atoms with E-state index in [0.717, 1.165) is 25.5 Å². The molecule has 0 aliphatic carbocycles. The quantitative estimate of drug-likeness (QED) is 0.481. The Labute approximate surface area is 85.7 Å². The predicted octanol–water partition coefficient (Wildman–Crippen LogP) is 0.805. The number of nitrogens with zero attached hydrogens (tertiary/aromatic N) is 1. The first-order valence-electron chi connectivity index (χ1n) is 3.13. The molecule has 0 aromatic rings. The summed E-state index contributed by atoms with van der Waals surface area (Å²) in [5.41, 5.74) is 0. The highest BCUT2D eigenvalue weighted by atomic mass is 35.5. The van der Waals surface area contributed by atoms with Crippen LogP contribution in [0.5, 0.6) is 0 Å². The van der Waals surface area contributed by atoms with Gasteiger partial charge in [0.25, 0.3) is 0 Å². The Morgan fingerprint density at radius 3 is 1.70 bits per heavy atom. The number of hydrogen-bond donors (Lipinski definition) is 0. The Kier molecular flexibility index (Phi) is 21.9. The Bertz CT molecular complexity index is 51.0. The number of rotatable bonds is 4. The van der Waals surface area contributed by atoms with Crippen LogP contribution >= 0.6 is 24.0 Å². The minimum absolute atomic E-state index is 0. The Morgan fingerprint density at radius 2 is 1.60 bits per heavy atom. The number of halogens is 2. The van der Waals surface area contributed by atoms with Crippen LogP contribution in [0.15, 0.2) is 0 Å². The molecule has 0 rings (SSSR count). The van der Waals surface area contributed by atoms with E-state index >= 15 is 0 Å². The van der Waals surface area contributed by atoms with Crippen molar-refractivity contribution < 1.29 is 0 Å². The highest BCUT2D eigenvalue weighted by molar-refractivity contribution is 6.18. The first-order valence-corrected chi connectivity index (χ1v) is 3.66. The second-order valence-electron chi connectivity index (χ2n) is 1.72. The lowest BCUT2D eigenvalue weighted by molar-refractivity contribution is 0.323. The second-order valence-corrected chi connectivity index (χ2v) is 2.09. The average Bonchev–Trinajstić information content (AvgIpc) is 1.83. The molecular formula is C6H18AlCl2N. The summed E-state index contributed by atoms with van der Waals surface area (Å²) in [5.74, 6) is 0.752. The van der Waals surface area contributed by atoms with E-state index < -0.39 is 0 Å². The highest BCUT2D eigenvalue weighted by Crippen LogP contribution is 1.86. The highest BCUT2D eigenvalue weighted by Gasteiger charge is 1.93. The third-order valence-corrected chi connectivity index (χ3v) is 1.46. The van der Waals surface area contributed by atoms with E-state index in [2.05, 4.69) is 18.7 Å². The van der Waals surface area contributed by atoms with E-state index in [0.29, 0.717) is 0 Å². The van der Waals surface area contributed by atoms with Gasteiger partial charge in [0.05, 0.1) is 0 Å². The smallest absolute Gasteiger partial charge is 0.187 e. The van der Waals surface area contributed by atoms with Gasteiger partial charge >= 0.3 is 0 Å². The summed E-state index contributed by atoms with van der Waals surface area (Å²) in [6.45, 7) is 7.55.